The first kappa shape index (κ1) is 16.6. The maximum Gasteiger partial charge on any atom is 0.127 e. The Labute approximate surface area is 140 Å². The van der Waals surface area contributed by atoms with E-state index in [0.717, 1.165) is 44.2 Å². The number of ether oxygens (including phenoxy) is 2. The van der Waals surface area contributed by atoms with Crippen LogP contribution in [0.3, 0.4) is 0 Å². The molecule has 23 heavy (non-hydrogen) atoms. The molecular formula is C19H30N2O2. The fraction of sp³-hybridized carbons (Fsp3) is 0.684. The van der Waals surface area contributed by atoms with E-state index in [4.69, 9.17) is 9.47 Å². The Bertz CT molecular complexity index is 592. The van der Waals surface area contributed by atoms with Gasteiger partial charge >= 0.3 is 0 Å². The van der Waals surface area contributed by atoms with Crippen LogP contribution in [0.15, 0.2) is 0 Å². The third-order valence-corrected chi connectivity index (χ3v) is 5.73. The minimum Gasteiger partial charge on any atom is -0.496 e. The normalized spacial score (nSPS) is 25.3. The first-order chi connectivity index (χ1) is 10.9. The van der Waals surface area contributed by atoms with Gasteiger partial charge in [0.15, 0.2) is 0 Å². The zero-order chi connectivity index (χ0) is 16.7. The van der Waals surface area contributed by atoms with Crippen molar-refractivity contribution < 1.29 is 9.47 Å². The van der Waals surface area contributed by atoms with Crippen molar-refractivity contribution in [2.75, 3.05) is 46.9 Å². The first-order valence-electron chi connectivity index (χ1n) is 8.69. The summed E-state index contributed by atoms with van der Waals surface area (Å²) >= 11 is 0. The summed E-state index contributed by atoms with van der Waals surface area (Å²) in [6, 6.07) is 0. The van der Waals surface area contributed by atoms with Gasteiger partial charge in [0.25, 0.3) is 0 Å². The van der Waals surface area contributed by atoms with Gasteiger partial charge in [-0.1, -0.05) is 0 Å². The molecule has 0 radical (unpaired) electrons. The number of likely N-dealkylation sites (N-methyl/N-ethyl adjacent to an activating group) is 1. The Morgan fingerprint density at radius 1 is 1.04 bits per heavy atom. The van der Waals surface area contributed by atoms with E-state index in [1.54, 1.807) is 7.11 Å². The highest BCUT2D eigenvalue weighted by atomic mass is 16.5. The van der Waals surface area contributed by atoms with Crippen molar-refractivity contribution in [3.05, 3.63) is 22.3 Å². The smallest absolute Gasteiger partial charge is 0.127 e. The third-order valence-electron chi connectivity index (χ3n) is 5.73. The van der Waals surface area contributed by atoms with Crippen molar-refractivity contribution in [3.63, 3.8) is 0 Å². The maximum absolute atomic E-state index is 6.28. The van der Waals surface area contributed by atoms with Crippen molar-refractivity contribution in [1.29, 1.82) is 0 Å². The van der Waals surface area contributed by atoms with Crippen molar-refractivity contribution in [2.45, 2.75) is 39.7 Å². The second kappa shape index (κ2) is 6.33. The molecule has 2 aliphatic rings. The number of methoxy groups -OCH3 is 1. The van der Waals surface area contributed by atoms with Gasteiger partial charge in [-0.2, -0.15) is 0 Å². The molecule has 4 heteroatoms. The van der Waals surface area contributed by atoms with Crippen LogP contribution in [0.4, 0.5) is 0 Å². The molecule has 0 amide bonds. The van der Waals surface area contributed by atoms with Crippen LogP contribution < -0.4 is 9.47 Å². The molecule has 128 valence electrons. The van der Waals surface area contributed by atoms with Gasteiger partial charge in [-0.25, -0.2) is 0 Å². The molecule has 4 nitrogen and oxygen atoms in total. The van der Waals surface area contributed by atoms with Crippen LogP contribution >= 0.6 is 0 Å². The predicted molar refractivity (Wildman–Crippen MR) is 94.0 cm³/mol. The van der Waals surface area contributed by atoms with E-state index < -0.39 is 0 Å². The fourth-order valence-corrected chi connectivity index (χ4v) is 4.07. The highest BCUT2D eigenvalue weighted by Crippen LogP contribution is 2.47. The summed E-state index contributed by atoms with van der Waals surface area (Å²) in [5.41, 5.74) is 5.07. The van der Waals surface area contributed by atoms with E-state index in [1.165, 1.54) is 22.3 Å². The maximum atomic E-state index is 6.28. The molecule has 1 aromatic carbocycles. The molecule has 0 spiro atoms. The molecule has 2 aliphatic heterocycles. The third kappa shape index (κ3) is 2.83. The lowest BCUT2D eigenvalue weighted by molar-refractivity contribution is 0.127. The summed E-state index contributed by atoms with van der Waals surface area (Å²) in [4.78, 5) is 4.99. The van der Waals surface area contributed by atoms with Crippen molar-refractivity contribution >= 4 is 0 Å². The number of rotatable bonds is 3. The minimum atomic E-state index is 0.230. The molecule has 0 aliphatic carbocycles. The number of nitrogens with zero attached hydrogens (tertiary/aromatic N) is 2. The monoisotopic (exact) mass is 318 g/mol. The number of piperazine rings is 1. The fourth-order valence-electron chi connectivity index (χ4n) is 4.07. The minimum absolute atomic E-state index is 0.230. The summed E-state index contributed by atoms with van der Waals surface area (Å²) in [7, 11) is 3.98. The van der Waals surface area contributed by atoms with Gasteiger partial charge in [0.2, 0.25) is 0 Å². The van der Waals surface area contributed by atoms with Gasteiger partial charge in [-0.3, -0.25) is 0 Å². The van der Waals surface area contributed by atoms with Crippen molar-refractivity contribution in [3.8, 4) is 11.5 Å². The van der Waals surface area contributed by atoms with Gasteiger partial charge in [0.1, 0.15) is 17.6 Å². The summed E-state index contributed by atoms with van der Waals surface area (Å²) in [5, 5.41) is 0. The molecule has 1 saturated heterocycles. The zero-order valence-corrected chi connectivity index (χ0v) is 15.4. The Morgan fingerprint density at radius 3 is 2.30 bits per heavy atom. The summed E-state index contributed by atoms with van der Waals surface area (Å²) in [5.74, 6) is 2.57. The van der Waals surface area contributed by atoms with E-state index >= 15 is 0 Å². The zero-order valence-electron chi connectivity index (χ0n) is 15.4. The molecule has 3 rings (SSSR count). The van der Waals surface area contributed by atoms with Gasteiger partial charge in [0, 0.05) is 44.2 Å². The quantitative estimate of drug-likeness (QED) is 0.855. The van der Waals surface area contributed by atoms with Crippen LogP contribution in [-0.4, -0.2) is 62.8 Å². The number of hydrogen-bond acceptors (Lipinski definition) is 4. The van der Waals surface area contributed by atoms with Crippen LogP contribution in [0.2, 0.25) is 0 Å². The van der Waals surface area contributed by atoms with E-state index in [1.807, 2.05) is 0 Å². The molecule has 2 unspecified atom stereocenters. The number of hydrogen-bond donors (Lipinski definition) is 0. The molecule has 2 atom stereocenters. The molecule has 0 bridgehead atoms. The lowest BCUT2D eigenvalue weighted by Gasteiger charge is -2.34. The first-order valence-corrected chi connectivity index (χ1v) is 8.69. The second-order valence-corrected chi connectivity index (χ2v) is 7.18. The van der Waals surface area contributed by atoms with E-state index in [0.29, 0.717) is 5.92 Å². The number of fused-ring (bicyclic) bond motifs is 1. The standard InChI is InChI=1S/C19H30N2O2/c1-12-13(2)19-17(14(3)18(12)22-6)16(15(4)23-19)11-21-9-7-20(5)8-10-21/h15-16H,7-11H2,1-6H3. The Kier molecular flexibility index (Phi) is 4.56. The predicted octanol–water partition coefficient (Wildman–Crippen LogP) is 2.73. The molecule has 0 saturated carbocycles. The number of benzene rings is 1. The molecule has 0 aromatic heterocycles. The highest BCUT2D eigenvalue weighted by molar-refractivity contribution is 5.61. The molecule has 1 fully saturated rings. The second-order valence-electron chi connectivity index (χ2n) is 7.18. The molecule has 0 N–H and O–H groups in total. The van der Waals surface area contributed by atoms with E-state index in [9.17, 15) is 0 Å². The highest BCUT2D eigenvalue weighted by Gasteiger charge is 2.37. The summed E-state index contributed by atoms with van der Waals surface area (Å²) in [6.45, 7) is 14.4. The lowest BCUT2D eigenvalue weighted by atomic mass is 9.88. The largest absolute Gasteiger partial charge is 0.496 e. The van der Waals surface area contributed by atoms with Crippen LogP contribution in [0.25, 0.3) is 0 Å². The van der Waals surface area contributed by atoms with E-state index in [2.05, 4.69) is 44.5 Å². The van der Waals surface area contributed by atoms with Crippen LogP contribution in [0.1, 0.15) is 35.1 Å². The van der Waals surface area contributed by atoms with Crippen molar-refractivity contribution in [2.24, 2.45) is 0 Å². The summed E-state index contributed by atoms with van der Waals surface area (Å²) < 4.78 is 12.0. The SMILES string of the molecule is COc1c(C)c(C)c2c(c1C)C(CN1CCN(C)CC1)C(C)O2. The van der Waals surface area contributed by atoms with Crippen molar-refractivity contribution in [1.82, 2.24) is 9.80 Å². The Morgan fingerprint density at radius 2 is 1.70 bits per heavy atom. The molecule has 1 aromatic rings. The Balaban J connectivity index is 1.92. The lowest BCUT2D eigenvalue weighted by Crippen LogP contribution is -2.46. The van der Waals surface area contributed by atoms with Gasteiger partial charge in [-0.05, 0) is 51.4 Å². The van der Waals surface area contributed by atoms with Gasteiger partial charge in [0.05, 0.1) is 7.11 Å². The van der Waals surface area contributed by atoms with Crippen LogP contribution in [0, 0.1) is 20.8 Å². The summed E-state index contributed by atoms with van der Waals surface area (Å²) in [6.07, 6.45) is 0.230. The van der Waals surface area contributed by atoms with Crippen LogP contribution in [-0.2, 0) is 0 Å². The molecule has 2 heterocycles. The average Bonchev–Trinajstić information content (AvgIpc) is 2.85. The van der Waals surface area contributed by atoms with Gasteiger partial charge in [-0.15, -0.1) is 0 Å². The molecular weight excluding hydrogens is 288 g/mol. The topological polar surface area (TPSA) is 24.9 Å². The Hall–Kier alpha value is -1.26. The average molecular weight is 318 g/mol. The van der Waals surface area contributed by atoms with E-state index in [-0.39, 0.29) is 6.10 Å². The van der Waals surface area contributed by atoms with Gasteiger partial charge < -0.3 is 19.3 Å². The van der Waals surface area contributed by atoms with Crippen LogP contribution in [0.5, 0.6) is 11.5 Å².